The summed E-state index contributed by atoms with van der Waals surface area (Å²) in [6, 6.07) is 3.43. The normalized spacial score (nSPS) is 21.1. The third kappa shape index (κ3) is 2.17. The molecule has 0 aliphatic carbocycles. The van der Waals surface area contributed by atoms with Gasteiger partial charge in [0.1, 0.15) is 0 Å². The molecule has 2 N–H and O–H groups in total. The van der Waals surface area contributed by atoms with Gasteiger partial charge in [0.15, 0.2) is 6.30 Å². The van der Waals surface area contributed by atoms with Crippen molar-refractivity contribution >= 4 is 12.7 Å². The van der Waals surface area contributed by atoms with Crippen LogP contribution in [0.5, 0.6) is 0 Å². The highest BCUT2D eigenvalue weighted by Crippen LogP contribution is 2.20. The van der Waals surface area contributed by atoms with E-state index in [9.17, 15) is 4.39 Å². The van der Waals surface area contributed by atoms with E-state index in [1.54, 1.807) is 17.0 Å². The van der Waals surface area contributed by atoms with Gasteiger partial charge < -0.3 is 10.0 Å². The van der Waals surface area contributed by atoms with Crippen LogP contribution in [0, 0.1) is 0 Å². The fraction of sp³-hybridized carbons (Fsp3) is 0.444. The predicted molar refractivity (Wildman–Crippen MR) is 54.0 cm³/mol. The minimum absolute atomic E-state index is 0.205. The third-order valence-corrected chi connectivity index (χ3v) is 2.59. The van der Waals surface area contributed by atoms with Crippen LogP contribution in [-0.4, -0.2) is 39.9 Å². The quantitative estimate of drug-likeness (QED) is 0.509. The van der Waals surface area contributed by atoms with Crippen molar-refractivity contribution in [3.8, 4) is 0 Å². The zero-order chi connectivity index (χ0) is 10.8. The zero-order valence-corrected chi connectivity index (χ0v) is 8.17. The molecule has 2 heterocycles. The lowest BCUT2D eigenvalue weighted by atomic mass is 9.82. The molecule has 0 aromatic carbocycles. The molecule has 2 rings (SSSR count). The molecule has 1 aliphatic heterocycles. The fourth-order valence-electron chi connectivity index (χ4n) is 1.62. The van der Waals surface area contributed by atoms with Gasteiger partial charge in [0.05, 0.1) is 5.59 Å². The Kier molecular flexibility index (Phi) is 2.99. The molecule has 6 heteroatoms. The Balaban J connectivity index is 2.13. The highest BCUT2D eigenvalue weighted by molar-refractivity contribution is 6.58. The molecular weight excluding hydrogens is 198 g/mol. The van der Waals surface area contributed by atoms with Gasteiger partial charge in [-0.25, -0.2) is 4.39 Å². The predicted octanol–water partition coefficient (Wildman–Crippen LogP) is -0.737. The summed E-state index contributed by atoms with van der Waals surface area (Å²) < 4.78 is 13.0. The van der Waals surface area contributed by atoms with Crippen LogP contribution >= 0.6 is 0 Å². The van der Waals surface area contributed by atoms with Crippen molar-refractivity contribution in [3.63, 3.8) is 0 Å². The van der Waals surface area contributed by atoms with Crippen LogP contribution in [0.25, 0.3) is 0 Å². The van der Waals surface area contributed by atoms with Crippen LogP contribution in [0.4, 0.5) is 4.39 Å². The Morgan fingerprint density at radius 3 is 2.93 bits per heavy atom. The molecule has 0 spiro atoms. The number of rotatable bonds is 3. The standard InChI is InChI=1S/C9H12BFN2O2/c11-8-3-5-13(8)6-7-2-1-4-12-9(7)10(14)15/h1-2,4,8,14-15H,3,5-6H2. The topological polar surface area (TPSA) is 56.6 Å². The van der Waals surface area contributed by atoms with E-state index >= 15 is 0 Å². The van der Waals surface area contributed by atoms with E-state index < -0.39 is 13.4 Å². The van der Waals surface area contributed by atoms with Gasteiger partial charge in [-0.3, -0.25) is 9.88 Å². The summed E-state index contributed by atoms with van der Waals surface area (Å²) in [5, 5.41) is 18.1. The molecule has 1 aliphatic rings. The molecule has 0 amide bonds. The summed E-state index contributed by atoms with van der Waals surface area (Å²) in [7, 11) is -1.60. The first-order valence-electron chi connectivity index (χ1n) is 4.86. The van der Waals surface area contributed by atoms with Gasteiger partial charge in [0.25, 0.3) is 0 Å². The zero-order valence-electron chi connectivity index (χ0n) is 8.17. The molecule has 0 radical (unpaired) electrons. The van der Waals surface area contributed by atoms with Crippen molar-refractivity contribution in [2.75, 3.05) is 6.54 Å². The summed E-state index contributed by atoms with van der Waals surface area (Å²) in [6.45, 7) is 1.08. The number of halogens is 1. The van der Waals surface area contributed by atoms with E-state index in [0.29, 0.717) is 25.1 Å². The highest BCUT2D eigenvalue weighted by atomic mass is 19.1. The number of aromatic nitrogens is 1. The van der Waals surface area contributed by atoms with Crippen molar-refractivity contribution in [2.45, 2.75) is 19.3 Å². The second kappa shape index (κ2) is 4.26. The maximum atomic E-state index is 13.0. The number of pyridine rings is 1. The van der Waals surface area contributed by atoms with E-state index in [0.717, 1.165) is 0 Å². The lowest BCUT2D eigenvalue weighted by Gasteiger charge is -2.35. The summed E-state index contributed by atoms with van der Waals surface area (Å²) in [5.41, 5.74) is 0.867. The van der Waals surface area contributed by atoms with Gasteiger partial charge >= 0.3 is 7.12 Å². The van der Waals surface area contributed by atoms with Crippen LogP contribution < -0.4 is 5.59 Å². The summed E-state index contributed by atoms with van der Waals surface area (Å²) in [6.07, 6.45) is 1.13. The maximum Gasteiger partial charge on any atom is 0.508 e. The van der Waals surface area contributed by atoms with Gasteiger partial charge in [-0.2, -0.15) is 0 Å². The highest BCUT2D eigenvalue weighted by Gasteiger charge is 2.29. The molecule has 80 valence electrons. The molecule has 0 bridgehead atoms. The first kappa shape index (κ1) is 10.5. The summed E-state index contributed by atoms with van der Waals surface area (Å²) >= 11 is 0. The van der Waals surface area contributed by atoms with E-state index in [1.807, 2.05) is 0 Å². The lowest BCUT2D eigenvalue weighted by Crippen LogP contribution is -2.46. The lowest BCUT2D eigenvalue weighted by molar-refractivity contribution is -0.0155. The second-order valence-electron chi connectivity index (χ2n) is 3.62. The SMILES string of the molecule is OB(O)c1ncccc1CN1CCC1F. The first-order valence-corrected chi connectivity index (χ1v) is 4.86. The Morgan fingerprint density at radius 1 is 1.60 bits per heavy atom. The Morgan fingerprint density at radius 2 is 2.40 bits per heavy atom. The smallest absolute Gasteiger partial charge is 0.422 e. The molecule has 15 heavy (non-hydrogen) atoms. The molecule has 1 aromatic heterocycles. The van der Waals surface area contributed by atoms with Crippen LogP contribution in [0.1, 0.15) is 12.0 Å². The van der Waals surface area contributed by atoms with Crippen molar-refractivity contribution in [1.29, 1.82) is 0 Å². The molecule has 1 saturated heterocycles. The van der Waals surface area contributed by atoms with Gasteiger partial charge in [0, 0.05) is 25.7 Å². The molecule has 1 unspecified atom stereocenters. The molecule has 4 nitrogen and oxygen atoms in total. The maximum absolute atomic E-state index is 13.0. The number of nitrogens with zero attached hydrogens (tertiary/aromatic N) is 2. The van der Waals surface area contributed by atoms with E-state index in [4.69, 9.17) is 10.0 Å². The minimum Gasteiger partial charge on any atom is -0.422 e. The number of hydrogen-bond donors (Lipinski definition) is 2. The van der Waals surface area contributed by atoms with Gasteiger partial charge in [-0.1, -0.05) is 6.07 Å². The van der Waals surface area contributed by atoms with Crippen molar-refractivity contribution in [1.82, 2.24) is 9.88 Å². The van der Waals surface area contributed by atoms with Crippen molar-refractivity contribution in [2.24, 2.45) is 0 Å². The van der Waals surface area contributed by atoms with Crippen LogP contribution in [0.2, 0.25) is 0 Å². The minimum atomic E-state index is -1.60. The molecule has 0 saturated carbocycles. The van der Waals surface area contributed by atoms with Crippen LogP contribution in [0.15, 0.2) is 18.3 Å². The number of hydrogen-bond acceptors (Lipinski definition) is 4. The first-order chi connectivity index (χ1) is 7.18. The van der Waals surface area contributed by atoms with E-state index in [2.05, 4.69) is 4.98 Å². The van der Waals surface area contributed by atoms with Crippen LogP contribution in [-0.2, 0) is 6.54 Å². The third-order valence-electron chi connectivity index (χ3n) is 2.59. The van der Waals surface area contributed by atoms with Crippen molar-refractivity contribution in [3.05, 3.63) is 23.9 Å². The Bertz CT molecular complexity index is 351. The van der Waals surface area contributed by atoms with E-state index in [1.165, 1.54) is 6.20 Å². The second-order valence-corrected chi connectivity index (χ2v) is 3.62. The fourth-order valence-corrected chi connectivity index (χ4v) is 1.62. The van der Waals surface area contributed by atoms with Gasteiger partial charge in [-0.15, -0.1) is 0 Å². The number of alkyl halides is 1. The molecule has 1 atom stereocenters. The molecular formula is C9H12BFN2O2. The van der Waals surface area contributed by atoms with Crippen LogP contribution in [0.3, 0.4) is 0 Å². The van der Waals surface area contributed by atoms with Crippen molar-refractivity contribution < 1.29 is 14.4 Å². The summed E-state index contributed by atoms with van der Waals surface area (Å²) in [4.78, 5) is 5.49. The number of likely N-dealkylation sites (tertiary alicyclic amines) is 1. The Hall–Kier alpha value is -0.975. The molecule has 1 aromatic rings. The largest absolute Gasteiger partial charge is 0.508 e. The molecule has 1 fully saturated rings. The average molecular weight is 210 g/mol. The average Bonchev–Trinajstić information content (AvgIpc) is 2.24. The summed E-state index contributed by atoms with van der Waals surface area (Å²) in [5.74, 6) is 0. The van der Waals surface area contributed by atoms with E-state index in [-0.39, 0.29) is 5.59 Å². The Labute approximate surface area is 87.5 Å². The monoisotopic (exact) mass is 210 g/mol. The van der Waals surface area contributed by atoms with Gasteiger partial charge in [0.2, 0.25) is 0 Å². The van der Waals surface area contributed by atoms with Gasteiger partial charge in [-0.05, 0) is 11.6 Å².